The molecule has 10 nitrogen and oxygen atoms in total. The fourth-order valence-corrected chi connectivity index (χ4v) is 3.52. The third-order valence-corrected chi connectivity index (χ3v) is 5.14. The maximum atomic E-state index is 12.8. The van der Waals surface area contributed by atoms with Crippen molar-refractivity contribution in [1.82, 2.24) is 10.3 Å². The number of thiazole rings is 1. The highest BCUT2D eigenvalue weighted by Gasteiger charge is 2.25. The monoisotopic (exact) mass is 459 g/mol. The van der Waals surface area contributed by atoms with E-state index in [1.165, 1.54) is 44.8 Å². The predicted molar refractivity (Wildman–Crippen MR) is 117 cm³/mol. The second-order valence-electron chi connectivity index (χ2n) is 6.38. The molecule has 11 heteroatoms. The van der Waals surface area contributed by atoms with E-state index in [0.29, 0.717) is 22.8 Å². The van der Waals surface area contributed by atoms with Gasteiger partial charge in [0.25, 0.3) is 11.6 Å². The van der Waals surface area contributed by atoms with E-state index in [-0.39, 0.29) is 30.2 Å². The summed E-state index contributed by atoms with van der Waals surface area (Å²) in [5, 5.41) is 16.1. The van der Waals surface area contributed by atoms with Crippen molar-refractivity contribution < 1.29 is 28.7 Å². The van der Waals surface area contributed by atoms with Gasteiger partial charge in [-0.25, -0.2) is 4.98 Å². The van der Waals surface area contributed by atoms with Crippen molar-refractivity contribution in [3.63, 3.8) is 0 Å². The van der Waals surface area contributed by atoms with Gasteiger partial charge in [0.2, 0.25) is 0 Å². The van der Waals surface area contributed by atoms with Crippen LogP contribution in [0.15, 0.2) is 41.2 Å². The number of hydrogen-bond donors (Lipinski definition) is 1. The molecule has 0 saturated heterocycles. The predicted octanol–water partition coefficient (Wildman–Crippen LogP) is 3.59. The van der Waals surface area contributed by atoms with Crippen molar-refractivity contribution in [1.29, 1.82) is 0 Å². The molecule has 1 N–H and O–H groups in total. The fourth-order valence-electron chi connectivity index (χ4n) is 2.98. The lowest BCUT2D eigenvalue weighted by atomic mass is 10.1. The third-order valence-electron chi connectivity index (χ3n) is 4.51. The molecule has 0 saturated carbocycles. The van der Waals surface area contributed by atoms with E-state index in [1.807, 2.05) is 0 Å². The van der Waals surface area contributed by atoms with Gasteiger partial charge in [0.05, 0.1) is 43.5 Å². The highest BCUT2D eigenvalue weighted by molar-refractivity contribution is 7.07. The highest BCUT2D eigenvalue weighted by Crippen LogP contribution is 2.35. The molecule has 1 amide bonds. The van der Waals surface area contributed by atoms with Crippen LogP contribution in [-0.2, 0) is 13.2 Å². The summed E-state index contributed by atoms with van der Waals surface area (Å²) in [5.74, 6) is 0.653. The number of para-hydroxylation sites is 1. The van der Waals surface area contributed by atoms with E-state index in [4.69, 9.17) is 18.9 Å². The Labute approximate surface area is 187 Å². The number of nitro benzene ring substituents is 1. The average Bonchev–Trinajstić information content (AvgIpc) is 3.33. The Bertz CT molecular complexity index is 1100. The molecule has 1 aromatic heterocycles. The van der Waals surface area contributed by atoms with Gasteiger partial charge in [0, 0.05) is 23.6 Å². The zero-order valence-electron chi connectivity index (χ0n) is 17.6. The zero-order valence-corrected chi connectivity index (χ0v) is 18.4. The summed E-state index contributed by atoms with van der Waals surface area (Å²) in [6, 6.07) is 7.69. The maximum absolute atomic E-state index is 12.8. The molecule has 1 heterocycles. The van der Waals surface area contributed by atoms with Crippen LogP contribution in [0.2, 0.25) is 0 Å². The first-order valence-corrected chi connectivity index (χ1v) is 10.3. The van der Waals surface area contributed by atoms with Crippen molar-refractivity contribution in [3.8, 4) is 23.0 Å². The van der Waals surface area contributed by atoms with Crippen LogP contribution in [-0.4, -0.2) is 37.1 Å². The SMILES string of the molecule is COc1cc(C(=O)NCc2cccc(OC)c2OC)c([N+](=O)[O-])cc1OCc1cscn1. The molecule has 0 radical (unpaired) electrons. The van der Waals surface area contributed by atoms with Gasteiger partial charge in [-0.05, 0) is 6.07 Å². The molecule has 168 valence electrons. The second-order valence-corrected chi connectivity index (χ2v) is 7.10. The number of nitrogens with one attached hydrogen (secondary N) is 1. The lowest BCUT2D eigenvalue weighted by Gasteiger charge is -2.14. The minimum Gasteiger partial charge on any atom is -0.493 e. The van der Waals surface area contributed by atoms with Gasteiger partial charge in [-0.2, -0.15) is 0 Å². The number of hydrogen-bond acceptors (Lipinski definition) is 9. The fraction of sp³-hybridized carbons (Fsp3) is 0.238. The minimum absolute atomic E-state index is 0.0702. The number of benzene rings is 2. The van der Waals surface area contributed by atoms with Gasteiger partial charge in [-0.15, -0.1) is 11.3 Å². The van der Waals surface area contributed by atoms with E-state index in [9.17, 15) is 14.9 Å². The van der Waals surface area contributed by atoms with Crippen molar-refractivity contribution in [2.24, 2.45) is 0 Å². The first-order valence-electron chi connectivity index (χ1n) is 9.32. The molecule has 0 aliphatic rings. The van der Waals surface area contributed by atoms with Gasteiger partial charge in [0.15, 0.2) is 23.0 Å². The molecule has 0 spiro atoms. The van der Waals surface area contributed by atoms with Crippen LogP contribution in [0.5, 0.6) is 23.0 Å². The standard InChI is InChI=1S/C21H21N3O7S/c1-28-17-6-4-5-13(20(17)30-3)9-22-21(25)15-7-18(29-2)19(8-16(15)24(26)27)31-10-14-11-32-12-23-14/h4-8,11-12H,9-10H2,1-3H3,(H,22,25). The lowest BCUT2D eigenvalue weighted by molar-refractivity contribution is -0.385. The summed E-state index contributed by atoms with van der Waals surface area (Å²) in [7, 11) is 4.39. The number of nitrogens with zero attached hydrogens (tertiary/aromatic N) is 2. The number of ether oxygens (including phenoxy) is 4. The number of rotatable bonds is 10. The summed E-state index contributed by atoms with van der Waals surface area (Å²) in [6.45, 7) is 0.180. The van der Waals surface area contributed by atoms with Crippen LogP contribution in [0.1, 0.15) is 21.6 Å². The number of nitro groups is 1. The maximum Gasteiger partial charge on any atom is 0.286 e. The normalized spacial score (nSPS) is 10.3. The molecule has 0 atom stereocenters. The summed E-state index contributed by atoms with van der Waals surface area (Å²) >= 11 is 1.41. The third kappa shape index (κ3) is 5.06. The summed E-state index contributed by atoms with van der Waals surface area (Å²) in [4.78, 5) is 27.9. The van der Waals surface area contributed by atoms with Crippen molar-refractivity contribution >= 4 is 22.9 Å². The molecule has 0 bridgehead atoms. The number of amides is 1. The van der Waals surface area contributed by atoms with E-state index in [1.54, 1.807) is 29.1 Å². The van der Waals surface area contributed by atoms with Gasteiger partial charge in [-0.3, -0.25) is 14.9 Å². The average molecular weight is 459 g/mol. The van der Waals surface area contributed by atoms with Crippen LogP contribution < -0.4 is 24.3 Å². The van der Waals surface area contributed by atoms with Crippen molar-refractivity contribution in [2.45, 2.75) is 13.2 Å². The number of methoxy groups -OCH3 is 3. The second kappa shape index (κ2) is 10.4. The van der Waals surface area contributed by atoms with Crippen LogP contribution in [0, 0.1) is 10.1 Å². The van der Waals surface area contributed by atoms with E-state index < -0.39 is 16.5 Å². The molecule has 3 aromatic rings. The van der Waals surface area contributed by atoms with Gasteiger partial charge < -0.3 is 24.3 Å². The minimum atomic E-state index is -0.647. The van der Waals surface area contributed by atoms with Crippen molar-refractivity contribution in [2.75, 3.05) is 21.3 Å². The molecule has 0 aliphatic heterocycles. The smallest absolute Gasteiger partial charge is 0.286 e. The molecule has 32 heavy (non-hydrogen) atoms. The summed E-state index contributed by atoms with van der Waals surface area (Å²) < 4.78 is 21.5. The molecule has 0 fully saturated rings. The zero-order chi connectivity index (χ0) is 23.1. The van der Waals surface area contributed by atoms with E-state index in [2.05, 4.69) is 10.3 Å². The highest BCUT2D eigenvalue weighted by atomic mass is 32.1. The Balaban J connectivity index is 1.84. The summed E-state index contributed by atoms with van der Waals surface area (Å²) in [6.07, 6.45) is 0. The first-order chi connectivity index (χ1) is 15.5. The van der Waals surface area contributed by atoms with Gasteiger partial charge in [-0.1, -0.05) is 12.1 Å². The Morgan fingerprint density at radius 3 is 2.53 bits per heavy atom. The van der Waals surface area contributed by atoms with Crippen LogP contribution in [0.25, 0.3) is 0 Å². The topological polar surface area (TPSA) is 122 Å². The Morgan fingerprint density at radius 1 is 1.12 bits per heavy atom. The molecule has 0 unspecified atom stereocenters. The summed E-state index contributed by atoms with van der Waals surface area (Å²) in [5.41, 5.74) is 2.42. The van der Waals surface area contributed by atoms with Crippen LogP contribution >= 0.6 is 11.3 Å². The Kier molecular flexibility index (Phi) is 7.45. The number of carbonyl (C=O) groups is 1. The van der Waals surface area contributed by atoms with Gasteiger partial charge in [0.1, 0.15) is 12.2 Å². The van der Waals surface area contributed by atoms with Gasteiger partial charge >= 0.3 is 0 Å². The van der Waals surface area contributed by atoms with E-state index in [0.717, 1.165) is 0 Å². The van der Waals surface area contributed by atoms with E-state index >= 15 is 0 Å². The molecular weight excluding hydrogens is 438 g/mol. The largest absolute Gasteiger partial charge is 0.493 e. The molecule has 0 aliphatic carbocycles. The van der Waals surface area contributed by atoms with Crippen LogP contribution in [0.3, 0.4) is 0 Å². The Hall–Kier alpha value is -3.86. The quantitative estimate of drug-likeness (QED) is 0.361. The lowest BCUT2D eigenvalue weighted by Crippen LogP contribution is -2.24. The number of aromatic nitrogens is 1. The first kappa shape index (κ1) is 22.8. The molecule has 2 aromatic carbocycles. The Morgan fingerprint density at radius 2 is 1.91 bits per heavy atom. The molecular formula is C21H21N3O7S. The molecule has 3 rings (SSSR count). The van der Waals surface area contributed by atoms with Crippen LogP contribution in [0.4, 0.5) is 5.69 Å². The number of carbonyl (C=O) groups excluding carboxylic acids is 1. The van der Waals surface area contributed by atoms with Crippen molar-refractivity contribution in [3.05, 3.63) is 68.2 Å².